The zero-order chi connectivity index (χ0) is 16.4. The quantitative estimate of drug-likeness (QED) is 0.671. The van der Waals surface area contributed by atoms with Gasteiger partial charge in [-0.2, -0.15) is 0 Å². The van der Waals surface area contributed by atoms with Crippen LogP contribution in [0.3, 0.4) is 0 Å². The molecule has 4 heteroatoms. The van der Waals surface area contributed by atoms with E-state index < -0.39 is 0 Å². The second-order valence-corrected chi connectivity index (χ2v) is 5.17. The van der Waals surface area contributed by atoms with Crippen LogP contribution in [0.4, 0.5) is 0 Å². The lowest BCUT2D eigenvalue weighted by Gasteiger charge is -2.20. The minimum absolute atomic E-state index is 0.287. The molecule has 4 nitrogen and oxygen atoms in total. The van der Waals surface area contributed by atoms with Crippen LogP contribution in [0.15, 0.2) is 24.3 Å². The molecular formula is C18H24N2O2. The van der Waals surface area contributed by atoms with Crippen LogP contribution in [0.5, 0.6) is 0 Å². The number of nitrogens with zero attached hydrogens (tertiary/aromatic N) is 1. The Morgan fingerprint density at radius 3 is 2.64 bits per heavy atom. The molecule has 0 aliphatic carbocycles. The molecule has 0 saturated heterocycles. The molecule has 0 heterocycles. The average Bonchev–Trinajstić information content (AvgIpc) is 2.51. The first kappa shape index (κ1) is 17.8. The predicted octanol–water partition coefficient (Wildman–Crippen LogP) is 3.07. The molecule has 0 aliphatic heterocycles. The molecule has 0 atom stereocenters. The van der Waals surface area contributed by atoms with Crippen LogP contribution in [-0.4, -0.2) is 23.4 Å². The zero-order valence-electron chi connectivity index (χ0n) is 13.6. The van der Waals surface area contributed by atoms with E-state index >= 15 is 0 Å². The summed E-state index contributed by atoms with van der Waals surface area (Å²) in [5.74, 6) is 4.76. The highest BCUT2D eigenvalue weighted by Crippen LogP contribution is 2.04. The Morgan fingerprint density at radius 1 is 1.23 bits per heavy atom. The first-order chi connectivity index (χ1) is 10.6. The van der Waals surface area contributed by atoms with E-state index in [0.717, 1.165) is 24.8 Å². The van der Waals surface area contributed by atoms with Gasteiger partial charge in [0.2, 0.25) is 0 Å². The third-order valence-electron chi connectivity index (χ3n) is 3.07. The van der Waals surface area contributed by atoms with Crippen LogP contribution in [0, 0.1) is 18.8 Å². The highest BCUT2D eigenvalue weighted by molar-refractivity contribution is 5.98. The number of hydrogen-bond acceptors (Lipinski definition) is 2. The van der Waals surface area contributed by atoms with Gasteiger partial charge in [0.1, 0.15) is 0 Å². The molecule has 0 unspecified atom stereocenters. The van der Waals surface area contributed by atoms with Gasteiger partial charge in [-0.1, -0.05) is 43.9 Å². The maximum Gasteiger partial charge on any atom is 0.316 e. The molecule has 2 amide bonds. The van der Waals surface area contributed by atoms with E-state index in [0.29, 0.717) is 18.5 Å². The average molecular weight is 300 g/mol. The summed E-state index contributed by atoms with van der Waals surface area (Å²) in [7, 11) is 0. The van der Waals surface area contributed by atoms with Crippen LogP contribution in [0.1, 0.15) is 55.5 Å². The Labute approximate surface area is 132 Å². The number of unbranched alkanes of at least 4 members (excludes halogenated alkanes) is 2. The predicted molar refractivity (Wildman–Crippen MR) is 88.0 cm³/mol. The number of nitrogens with one attached hydrogen (secondary N) is 1. The van der Waals surface area contributed by atoms with Crippen LogP contribution >= 0.6 is 0 Å². The Balaban J connectivity index is 2.78. The lowest BCUT2D eigenvalue weighted by atomic mass is 10.1. The van der Waals surface area contributed by atoms with Gasteiger partial charge in [-0.3, -0.25) is 15.0 Å². The number of rotatable bonds is 5. The Bertz CT molecular complexity index is 570. The van der Waals surface area contributed by atoms with Crippen molar-refractivity contribution in [3.8, 4) is 11.8 Å². The number of amides is 2. The van der Waals surface area contributed by atoms with Gasteiger partial charge >= 0.3 is 5.91 Å². The molecule has 0 radical (unpaired) electrons. The minimum Gasteiger partial charge on any atom is -0.267 e. The SMILES string of the molecule is CCCC#CC(=O)N(CCCC)NC(=O)c1cccc(C)c1. The topological polar surface area (TPSA) is 49.4 Å². The maximum absolute atomic E-state index is 12.3. The fourth-order valence-corrected chi connectivity index (χ4v) is 1.83. The summed E-state index contributed by atoms with van der Waals surface area (Å²) in [5, 5.41) is 1.32. The van der Waals surface area contributed by atoms with Crippen molar-refractivity contribution in [2.45, 2.75) is 46.5 Å². The summed E-state index contributed by atoms with van der Waals surface area (Å²) >= 11 is 0. The number of carbonyl (C=O) groups excluding carboxylic acids is 2. The van der Waals surface area contributed by atoms with E-state index in [2.05, 4.69) is 17.3 Å². The van der Waals surface area contributed by atoms with Crippen LogP contribution in [0.2, 0.25) is 0 Å². The second kappa shape index (κ2) is 9.62. The van der Waals surface area contributed by atoms with Gasteiger partial charge in [0.25, 0.3) is 5.91 Å². The molecule has 118 valence electrons. The number of carbonyl (C=O) groups is 2. The van der Waals surface area contributed by atoms with Crippen LogP contribution in [-0.2, 0) is 4.79 Å². The molecule has 0 fully saturated rings. The molecule has 1 rings (SSSR count). The van der Waals surface area contributed by atoms with Crippen LogP contribution in [0.25, 0.3) is 0 Å². The van der Waals surface area contributed by atoms with Gasteiger partial charge in [0.15, 0.2) is 0 Å². The van der Waals surface area contributed by atoms with E-state index in [9.17, 15) is 9.59 Å². The van der Waals surface area contributed by atoms with Crippen molar-refractivity contribution in [1.82, 2.24) is 10.4 Å². The Morgan fingerprint density at radius 2 is 2.00 bits per heavy atom. The smallest absolute Gasteiger partial charge is 0.267 e. The molecule has 1 N–H and O–H groups in total. The van der Waals surface area contributed by atoms with Crippen molar-refractivity contribution in [1.29, 1.82) is 0 Å². The molecule has 1 aromatic carbocycles. The highest BCUT2D eigenvalue weighted by Gasteiger charge is 2.15. The lowest BCUT2D eigenvalue weighted by molar-refractivity contribution is -0.127. The summed E-state index contributed by atoms with van der Waals surface area (Å²) in [5.41, 5.74) is 4.20. The van der Waals surface area contributed by atoms with Crippen molar-refractivity contribution < 1.29 is 9.59 Å². The normalized spacial score (nSPS) is 9.59. The molecule has 0 aromatic heterocycles. The minimum atomic E-state index is -0.358. The number of benzene rings is 1. The summed E-state index contributed by atoms with van der Waals surface area (Å²) in [6.07, 6.45) is 3.34. The van der Waals surface area contributed by atoms with Crippen molar-refractivity contribution in [2.75, 3.05) is 6.54 Å². The summed E-state index contributed by atoms with van der Waals surface area (Å²) < 4.78 is 0. The number of hydrazine groups is 1. The van der Waals surface area contributed by atoms with E-state index in [1.807, 2.05) is 32.9 Å². The number of aryl methyl sites for hydroxylation is 1. The van der Waals surface area contributed by atoms with Gasteiger partial charge in [-0.25, -0.2) is 5.01 Å². The van der Waals surface area contributed by atoms with Gasteiger partial charge in [0.05, 0.1) is 0 Å². The molecule has 22 heavy (non-hydrogen) atoms. The third-order valence-corrected chi connectivity index (χ3v) is 3.07. The molecular weight excluding hydrogens is 276 g/mol. The van der Waals surface area contributed by atoms with E-state index in [-0.39, 0.29) is 11.8 Å². The van der Waals surface area contributed by atoms with E-state index in [4.69, 9.17) is 0 Å². The van der Waals surface area contributed by atoms with Crippen molar-refractivity contribution >= 4 is 11.8 Å². The third kappa shape index (κ3) is 6.01. The molecule has 1 aromatic rings. The fraction of sp³-hybridized carbons (Fsp3) is 0.444. The van der Waals surface area contributed by atoms with Gasteiger partial charge < -0.3 is 0 Å². The van der Waals surface area contributed by atoms with Crippen molar-refractivity contribution in [2.24, 2.45) is 0 Å². The van der Waals surface area contributed by atoms with Gasteiger partial charge in [0, 0.05) is 18.5 Å². The standard InChI is InChI=1S/C18H24N2O2/c1-4-6-8-12-17(21)20(13-7-5-2)19-18(22)16-11-9-10-15(3)14-16/h9-11,14H,4-7,13H2,1-3H3,(H,19,22). The summed E-state index contributed by atoms with van der Waals surface area (Å²) in [6.45, 7) is 6.43. The lowest BCUT2D eigenvalue weighted by Crippen LogP contribution is -2.46. The Kier molecular flexibility index (Phi) is 7.77. The molecule has 0 spiro atoms. The molecule has 0 aliphatic rings. The van der Waals surface area contributed by atoms with E-state index in [1.54, 1.807) is 12.1 Å². The maximum atomic E-state index is 12.3. The first-order valence-electron chi connectivity index (χ1n) is 7.76. The Hall–Kier alpha value is -2.28. The summed E-state index contributed by atoms with van der Waals surface area (Å²) in [4.78, 5) is 24.3. The monoisotopic (exact) mass is 300 g/mol. The molecule has 0 bridgehead atoms. The molecule has 0 saturated carbocycles. The highest BCUT2D eigenvalue weighted by atomic mass is 16.2. The van der Waals surface area contributed by atoms with E-state index in [1.165, 1.54) is 5.01 Å². The van der Waals surface area contributed by atoms with Crippen molar-refractivity contribution in [3.63, 3.8) is 0 Å². The van der Waals surface area contributed by atoms with Gasteiger partial charge in [-0.05, 0) is 37.8 Å². The zero-order valence-corrected chi connectivity index (χ0v) is 13.6. The second-order valence-electron chi connectivity index (χ2n) is 5.17. The summed E-state index contributed by atoms with van der Waals surface area (Å²) in [6, 6.07) is 7.27. The van der Waals surface area contributed by atoms with Crippen LogP contribution < -0.4 is 5.43 Å². The number of hydrogen-bond donors (Lipinski definition) is 1. The fourth-order valence-electron chi connectivity index (χ4n) is 1.83. The van der Waals surface area contributed by atoms with Crippen molar-refractivity contribution in [3.05, 3.63) is 35.4 Å². The largest absolute Gasteiger partial charge is 0.316 e. The van der Waals surface area contributed by atoms with Gasteiger partial charge in [-0.15, -0.1) is 0 Å². The first-order valence-corrected chi connectivity index (χ1v) is 7.76.